The van der Waals surface area contributed by atoms with Gasteiger partial charge >= 0.3 is 0 Å². The Labute approximate surface area is 198 Å². The van der Waals surface area contributed by atoms with Crippen LogP contribution in [0.15, 0.2) is 36.7 Å². The van der Waals surface area contributed by atoms with Gasteiger partial charge in [0.1, 0.15) is 28.1 Å². The Kier molecular flexibility index (Phi) is 4.44. The van der Waals surface area contributed by atoms with Gasteiger partial charge in [0.25, 0.3) is 5.91 Å². The van der Waals surface area contributed by atoms with Crippen LogP contribution in [-0.4, -0.2) is 53.3 Å². The van der Waals surface area contributed by atoms with Crippen LogP contribution in [-0.2, 0) is 7.05 Å². The molecule has 174 valence electrons. The van der Waals surface area contributed by atoms with Crippen LogP contribution in [0.4, 0.5) is 8.78 Å². The van der Waals surface area contributed by atoms with Crippen LogP contribution in [0.25, 0.3) is 28.0 Å². The summed E-state index contributed by atoms with van der Waals surface area (Å²) in [5.74, 6) is -1.72. The summed E-state index contributed by atoms with van der Waals surface area (Å²) in [6.07, 6.45) is 4.48. The molecular weight excluding hydrogens is 464 g/mol. The highest BCUT2D eigenvalue weighted by Crippen LogP contribution is 2.45. The molecule has 4 aromatic rings. The second-order valence-electron chi connectivity index (χ2n) is 9.23. The molecule has 34 heavy (non-hydrogen) atoms. The molecule has 3 fully saturated rings. The van der Waals surface area contributed by atoms with Crippen molar-refractivity contribution in [3.8, 4) is 22.4 Å². The van der Waals surface area contributed by atoms with Gasteiger partial charge in [-0.15, -0.1) is 0 Å². The van der Waals surface area contributed by atoms with E-state index in [-0.39, 0.29) is 33.9 Å². The van der Waals surface area contributed by atoms with Crippen molar-refractivity contribution in [2.24, 2.45) is 7.05 Å². The number of amides is 1. The third-order valence-corrected chi connectivity index (χ3v) is 7.17. The van der Waals surface area contributed by atoms with Gasteiger partial charge in [-0.2, -0.15) is 5.10 Å². The quantitative estimate of drug-likeness (QED) is 0.478. The van der Waals surface area contributed by atoms with Gasteiger partial charge in [-0.05, 0) is 38.0 Å². The van der Waals surface area contributed by atoms with Crippen molar-refractivity contribution in [3.63, 3.8) is 0 Å². The number of carbonyl (C=O) groups is 1. The first-order valence-corrected chi connectivity index (χ1v) is 11.2. The lowest BCUT2D eigenvalue weighted by atomic mass is 9.81. The number of rotatable bonds is 3. The molecule has 0 spiro atoms. The van der Waals surface area contributed by atoms with E-state index in [1.165, 1.54) is 6.07 Å². The molecule has 7 nitrogen and oxygen atoms in total. The normalized spacial score (nSPS) is 21.4. The maximum Gasteiger partial charge on any atom is 0.254 e. The number of benzene rings is 1. The van der Waals surface area contributed by atoms with Gasteiger partial charge in [-0.25, -0.2) is 13.8 Å². The van der Waals surface area contributed by atoms with Crippen LogP contribution >= 0.6 is 11.6 Å². The predicted molar refractivity (Wildman–Crippen MR) is 122 cm³/mol. The monoisotopic (exact) mass is 483 g/mol. The first-order chi connectivity index (χ1) is 16.1. The molecule has 2 aliphatic heterocycles. The first kappa shape index (κ1) is 21.2. The lowest BCUT2D eigenvalue weighted by molar-refractivity contribution is 0.00705. The molecule has 3 aromatic heterocycles. The van der Waals surface area contributed by atoms with Gasteiger partial charge in [-0.3, -0.25) is 13.9 Å². The van der Waals surface area contributed by atoms with Crippen molar-refractivity contribution < 1.29 is 18.7 Å². The second kappa shape index (κ2) is 7.10. The maximum atomic E-state index is 15.2. The first-order valence-electron chi connectivity index (χ1n) is 10.8. The third kappa shape index (κ3) is 3.07. The van der Waals surface area contributed by atoms with E-state index in [1.54, 1.807) is 52.5 Å². The van der Waals surface area contributed by atoms with Crippen LogP contribution in [0.1, 0.15) is 28.9 Å². The fourth-order valence-corrected chi connectivity index (χ4v) is 5.49. The highest BCUT2D eigenvalue weighted by Gasteiger charge is 2.55. The summed E-state index contributed by atoms with van der Waals surface area (Å²) in [6, 6.07) is 5.30. The van der Waals surface area contributed by atoms with Crippen molar-refractivity contribution in [2.75, 3.05) is 6.54 Å². The van der Waals surface area contributed by atoms with E-state index in [9.17, 15) is 14.3 Å². The highest BCUT2D eigenvalue weighted by atomic mass is 35.5. The number of fused-ring (bicyclic) bond motifs is 2. The van der Waals surface area contributed by atoms with Crippen LogP contribution in [0, 0.1) is 18.6 Å². The second-order valence-corrected chi connectivity index (χ2v) is 9.58. The molecule has 1 amide bonds. The zero-order chi connectivity index (χ0) is 23.9. The maximum absolute atomic E-state index is 15.2. The molecule has 0 atom stereocenters. The number of aryl methyl sites for hydroxylation is 2. The average molecular weight is 484 g/mol. The molecule has 1 aliphatic carbocycles. The fraction of sp³-hybridized carbons (Fsp3) is 0.292. The summed E-state index contributed by atoms with van der Waals surface area (Å²) in [6.45, 7) is 2.07. The van der Waals surface area contributed by atoms with E-state index in [4.69, 9.17) is 11.6 Å². The highest BCUT2D eigenvalue weighted by molar-refractivity contribution is 6.32. The SMILES string of the molecule is Cc1nn(C)cc1-c1cc(F)cc(F)c1-c1nc2cc(C(=O)N3CC4(O)CC3C4)ccn2c1Cl. The molecule has 3 aliphatic rings. The van der Waals surface area contributed by atoms with E-state index in [2.05, 4.69) is 10.1 Å². The van der Waals surface area contributed by atoms with Gasteiger partial charge in [0.05, 0.1) is 17.8 Å². The summed E-state index contributed by atoms with van der Waals surface area (Å²) in [5.41, 5.74) is 1.64. The van der Waals surface area contributed by atoms with Crippen molar-refractivity contribution in [2.45, 2.75) is 31.4 Å². The minimum atomic E-state index is -0.801. The van der Waals surface area contributed by atoms with Crippen molar-refractivity contribution in [1.29, 1.82) is 0 Å². The van der Waals surface area contributed by atoms with E-state index in [0.717, 1.165) is 6.07 Å². The zero-order valence-electron chi connectivity index (χ0n) is 18.4. The van der Waals surface area contributed by atoms with Crippen LogP contribution in [0.5, 0.6) is 0 Å². The van der Waals surface area contributed by atoms with Crippen LogP contribution in [0.2, 0.25) is 5.15 Å². The molecule has 10 heteroatoms. The molecule has 1 aromatic carbocycles. The number of hydrogen-bond acceptors (Lipinski definition) is 4. The number of halogens is 3. The topological polar surface area (TPSA) is 75.7 Å². The summed E-state index contributed by atoms with van der Waals surface area (Å²) in [5, 5.41) is 14.7. The number of carbonyl (C=O) groups excluding carboxylic acids is 1. The molecular formula is C24H20ClF2N5O2. The van der Waals surface area contributed by atoms with Gasteiger partial charge in [0, 0.05) is 53.8 Å². The van der Waals surface area contributed by atoms with Crippen molar-refractivity contribution in [1.82, 2.24) is 24.1 Å². The summed E-state index contributed by atoms with van der Waals surface area (Å²) >= 11 is 6.61. The minimum Gasteiger partial charge on any atom is -0.388 e. The van der Waals surface area contributed by atoms with Crippen LogP contribution < -0.4 is 0 Å². The number of nitrogens with zero attached hydrogens (tertiary/aromatic N) is 5. The van der Waals surface area contributed by atoms with Crippen molar-refractivity contribution >= 4 is 23.2 Å². The molecule has 1 saturated carbocycles. The molecule has 0 unspecified atom stereocenters. The van der Waals surface area contributed by atoms with Gasteiger partial charge in [0.15, 0.2) is 0 Å². The average Bonchev–Trinajstić information content (AvgIpc) is 3.47. The number of hydrogen-bond donors (Lipinski definition) is 1. The van der Waals surface area contributed by atoms with E-state index in [1.807, 2.05) is 0 Å². The molecule has 1 N–H and O–H groups in total. The number of imidazole rings is 1. The van der Waals surface area contributed by atoms with Crippen LogP contribution in [0.3, 0.4) is 0 Å². The predicted octanol–water partition coefficient (Wildman–Crippen LogP) is 3.99. The Balaban J connectivity index is 1.47. The third-order valence-electron chi connectivity index (χ3n) is 6.81. The standard InChI is InChI=1S/C24H20ClF2N5O2/c1-12-17(10-30(2)29-12)16-6-14(26)7-18(27)20(16)21-22(25)31-4-3-13(5-19(31)28-21)23(33)32-11-24(34)8-15(32)9-24/h3-7,10,15,34H,8-9,11H2,1-2H3. The van der Waals surface area contributed by atoms with E-state index < -0.39 is 17.2 Å². The number of aromatic nitrogens is 4. The number of pyridine rings is 1. The minimum absolute atomic E-state index is 0.0474. The Morgan fingerprint density at radius 3 is 2.65 bits per heavy atom. The summed E-state index contributed by atoms with van der Waals surface area (Å²) < 4.78 is 32.5. The smallest absolute Gasteiger partial charge is 0.254 e. The Bertz CT molecular complexity index is 1510. The van der Waals surface area contributed by atoms with E-state index >= 15 is 4.39 Å². The van der Waals surface area contributed by atoms with Gasteiger partial charge in [0.2, 0.25) is 0 Å². The largest absolute Gasteiger partial charge is 0.388 e. The van der Waals surface area contributed by atoms with Gasteiger partial charge < -0.3 is 10.0 Å². The van der Waals surface area contributed by atoms with Crippen molar-refractivity contribution in [3.05, 3.63) is 64.7 Å². The molecule has 2 bridgehead atoms. The van der Waals surface area contributed by atoms with Gasteiger partial charge in [-0.1, -0.05) is 11.6 Å². The lowest BCUT2D eigenvalue weighted by Crippen LogP contribution is -2.40. The summed E-state index contributed by atoms with van der Waals surface area (Å²) in [7, 11) is 1.73. The molecule has 2 saturated heterocycles. The zero-order valence-corrected chi connectivity index (χ0v) is 19.1. The number of aliphatic hydroxyl groups is 1. The van der Waals surface area contributed by atoms with E-state index in [0.29, 0.717) is 41.9 Å². The Morgan fingerprint density at radius 1 is 1.24 bits per heavy atom. The summed E-state index contributed by atoms with van der Waals surface area (Å²) in [4.78, 5) is 19.2. The Hall–Kier alpha value is -3.30. The molecule has 5 heterocycles. The fourth-order valence-electron chi connectivity index (χ4n) is 5.21. The molecule has 7 rings (SSSR count). The molecule has 0 radical (unpaired) electrons. The lowest BCUT2D eigenvalue weighted by Gasteiger charge is -2.31. The Morgan fingerprint density at radius 2 is 2.00 bits per heavy atom.